The molecule has 0 aromatic heterocycles. The van der Waals surface area contributed by atoms with Crippen molar-refractivity contribution in [3.05, 3.63) is 0 Å². The molecule has 2 rings (SSSR count). The normalized spacial score (nSPS) is 33.8. The fraction of sp³-hybridized carbons (Fsp3) is 1.00. The predicted octanol–water partition coefficient (Wildman–Crippen LogP) is 2.78. The van der Waals surface area contributed by atoms with E-state index < -0.39 is 11.4 Å². The Morgan fingerprint density at radius 1 is 1.22 bits per heavy atom. The summed E-state index contributed by atoms with van der Waals surface area (Å²) in [5.74, 6) is 0. The van der Waals surface area contributed by atoms with Crippen LogP contribution in [0.15, 0.2) is 0 Å². The van der Waals surface area contributed by atoms with Gasteiger partial charge in [0.15, 0.2) is 0 Å². The van der Waals surface area contributed by atoms with Crippen molar-refractivity contribution in [1.82, 2.24) is 4.72 Å². The van der Waals surface area contributed by atoms with Gasteiger partial charge in [-0.05, 0) is 40.5 Å². The average molecular weight is 273 g/mol. The topological polar surface area (TPSA) is 44.3 Å². The van der Waals surface area contributed by atoms with Gasteiger partial charge in [0.25, 0.3) is 0 Å². The molecule has 2 aliphatic rings. The number of hydrogen-bond acceptors (Lipinski definition) is 3. The zero-order valence-electron chi connectivity index (χ0n) is 12.1. The van der Waals surface area contributed by atoms with Crippen molar-refractivity contribution >= 4 is 11.4 Å². The fourth-order valence-corrected chi connectivity index (χ4v) is 4.23. The van der Waals surface area contributed by atoms with Crippen molar-refractivity contribution in [3.8, 4) is 0 Å². The predicted molar refractivity (Wildman–Crippen MR) is 75.8 cm³/mol. The number of rotatable bonds is 2. The fourth-order valence-electron chi connectivity index (χ4n) is 3.21. The van der Waals surface area contributed by atoms with Gasteiger partial charge in [0.1, 0.15) is 4.75 Å². The summed E-state index contributed by atoms with van der Waals surface area (Å²) < 4.78 is 21.4. The Morgan fingerprint density at radius 2 is 1.83 bits per heavy atom. The highest BCUT2D eigenvalue weighted by Gasteiger charge is 2.51. The molecule has 1 aliphatic carbocycles. The Balaban J connectivity index is 2.08. The highest BCUT2D eigenvalue weighted by Crippen LogP contribution is 2.45. The highest BCUT2D eigenvalue weighted by molar-refractivity contribution is 7.90. The Labute approximate surface area is 114 Å². The van der Waals surface area contributed by atoms with E-state index in [1.165, 1.54) is 32.1 Å². The standard InChI is InChI=1S/C14H27NO2S/c1-11-12(15-18(16)13(2,3)4)14(10-17-11)8-6-5-7-9-14/h11-12,15H,5-10H2,1-4H3/t11-,12-,18?/m1/s1. The minimum atomic E-state index is -1.01. The summed E-state index contributed by atoms with van der Waals surface area (Å²) in [6.07, 6.45) is 6.53. The van der Waals surface area contributed by atoms with Crippen LogP contribution in [0.1, 0.15) is 59.8 Å². The second kappa shape index (κ2) is 5.31. The molecular formula is C14H27NO2S. The van der Waals surface area contributed by atoms with E-state index in [0.29, 0.717) is 0 Å². The molecule has 1 N–H and O–H groups in total. The minimum Gasteiger partial charge on any atom is -0.598 e. The summed E-state index contributed by atoms with van der Waals surface area (Å²) in [5, 5.41) is 0. The lowest BCUT2D eigenvalue weighted by molar-refractivity contribution is 0.0926. The molecule has 4 heteroatoms. The zero-order valence-corrected chi connectivity index (χ0v) is 12.9. The SMILES string of the molecule is C[C@H]1OCC2(CCCCC2)[C@@H]1N[S+]([O-])C(C)(C)C. The first-order valence-electron chi connectivity index (χ1n) is 7.15. The Bertz CT molecular complexity index is 278. The van der Waals surface area contributed by atoms with Gasteiger partial charge in [0, 0.05) is 16.8 Å². The van der Waals surface area contributed by atoms with Crippen LogP contribution in [0.4, 0.5) is 0 Å². The molecule has 1 unspecified atom stereocenters. The number of hydrogen-bond donors (Lipinski definition) is 1. The van der Waals surface area contributed by atoms with Crippen molar-refractivity contribution in [2.45, 2.75) is 76.7 Å². The maximum atomic E-state index is 12.3. The lowest BCUT2D eigenvalue weighted by atomic mass is 9.70. The molecule has 3 nitrogen and oxygen atoms in total. The van der Waals surface area contributed by atoms with Gasteiger partial charge in [-0.15, -0.1) is 4.72 Å². The van der Waals surface area contributed by atoms with Gasteiger partial charge >= 0.3 is 0 Å². The van der Waals surface area contributed by atoms with Gasteiger partial charge in [-0.3, -0.25) is 0 Å². The molecule has 0 aromatic carbocycles. The van der Waals surface area contributed by atoms with Crippen LogP contribution in [0.25, 0.3) is 0 Å². The summed E-state index contributed by atoms with van der Waals surface area (Å²) in [5.41, 5.74) is 0.235. The van der Waals surface area contributed by atoms with Gasteiger partial charge in [-0.2, -0.15) is 0 Å². The third kappa shape index (κ3) is 2.87. The van der Waals surface area contributed by atoms with Crippen molar-refractivity contribution in [3.63, 3.8) is 0 Å². The Hall–Kier alpha value is 0.230. The van der Waals surface area contributed by atoms with E-state index in [9.17, 15) is 4.55 Å². The molecule has 0 radical (unpaired) electrons. The van der Waals surface area contributed by atoms with E-state index in [-0.39, 0.29) is 22.3 Å². The van der Waals surface area contributed by atoms with Crippen LogP contribution in [0.2, 0.25) is 0 Å². The molecule has 1 saturated carbocycles. The van der Waals surface area contributed by atoms with Crippen LogP contribution in [0.3, 0.4) is 0 Å². The monoisotopic (exact) mass is 273 g/mol. The molecule has 0 bridgehead atoms. The first-order valence-corrected chi connectivity index (χ1v) is 8.30. The largest absolute Gasteiger partial charge is 0.598 e. The maximum absolute atomic E-state index is 12.3. The number of nitrogens with one attached hydrogen (secondary N) is 1. The Kier molecular flexibility index (Phi) is 4.32. The summed E-state index contributed by atoms with van der Waals surface area (Å²) in [4.78, 5) is 0. The van der Waals surface area contributed by atoms with E-state index in [2.05, 4.69) is 11.6 Å². The van der Waals surface area contributed by atoms with Gasteiger partial charge in [-0.1, -0.05) is 19.3 Å². The lowest BCUT2D eigenvalue weighted by Crippen LogP contribution is -2.54. The van der Waals surface area contributed by atoms with Crippen LogP contribution in [0.5, 0.6) is 0 Å². The summed E-state index contributed by atoms with van der Waals surface area (Å²) in [6, 6.07) is 0.248. The summed E-state index contributed by atoms with van der Waals surface area (Å²) in [7, 11) is 0. The lowest BCUT2D eigenvalue weighted by Gasteiger charge is -2.39. The summed E-state index contributed by atoms with van der Waals surface area (Å²) >= 11 is -1.01. The van der Waals surface area contributed by atoms with Crippen LogP contribution in [-0.2, 0) is 16.1 Å². The van der Waals surface area contributed by atoms with E-state index in [1.807, 2.05) is 20.8 Å². The smallest absolute Gasteiger partial charge is 0.136 e. The van der Waals surface area contributed by atoms with Crippen LogP contribution < -0.4 is 4.72 Å². The first-order chi connectivity index (χ1) is 8.35. The van der Waals surface area contributed by atoms with Gasteiger partial charge in [0.05, 0.1) is 18.8 Å². The molecular weight excluding hydrogens is 246 g/mol. The van der Waals surface area contributed by atoms with Crippen molar-refractivity contribution in [2.24, 2.45) is 5.41 Å². The van der Waals surface area contributed by atoms with Gasteiger partial charge in [-0.25, -0.2) is 0 Å². The average Bonchev–Trinajstić information content (AvgIpc) is 2.58. The molecule has 0 amide bonds. The van der Waals surface area contributed by atoms with Crippen LogP contribution in [-0.4, -0.2) is 28.1 Å². The van der Waals surface area contributed by atoms with E-state index >= 15 is 0 Å². The second-order valence-electron chi connectivity index (χ2n) is 6.92. The third-order valence-electron chi connectivity index (χ3n) is 4.40. The van der Waals surface area contributed by atoms with Gasteiger partial charge < -0.3 is 9.29 Å². The van der Waals surface area contributed by atoms with E-state index in [0.717, 1.165) is 6.61 Å². The first kappa shape index (κ1) is 14.6. The van der Waals surface area contributed by atoms with Gasteiger partial charge in [0.2, 0.25) is 0 Å². The quantitative estimate of drug-likeness (QED) is 0.787. The molecule has 18 heavy (non-hydrogen) atoms. The molecule has 1 heterocycles. The summed E-state index contributed by atoms with van der Waals surface area (Å²) in [6.45, 7) is 9.01. The van der Waals surface area contributed by atoms with Crippen molar-refractivity contribution in [2.75, 3.05) is 6.61 Å². The number of ether oxygens (including phenoxy) is 1. The molecule has 1 saturated heterocycles. The third-order valence-corrected chi connectivity index (χ3v) is 5.98. The van der Waals surface area contributed by atoms with E-state index in [1.54, 1.807) is 0 Å². The molecule has 0 aromatic rings. The van der Waals surface area contributed by atoms with Crippen molar-refractivity contribution < 1.29 is 9.29 Å². The second-order valence-corrected chi connectivity index (χ2v) is 8.91. The van der Waals surface area contributed by atoms with Crippen molar-refractivity contribution in [1.29, 1.82) is 0 Å². The maximum Gasteiger partial charge on any atom is 0.136 e. The minimum absolute atomic E-state index is 0.175. The van der Waals surface area contributed by atoms with Crippen LogP contribution in [0, 0.1) is 5.41 Å². The molecule has 106 valence electrons. The Morgan fingerprint density at radius 3 is 2.39 bits per heavy atom. The molecule has 1 spiro atoms. The highest BCUT2D eigenvalue weighted by atomic mass is 32.2. The van der Waals surface area contributed by atoms with E-state index in [4.69, 9.17) is 4.74 Å². The molecule has 2 fully saturated rings. The van der Waals surface area contributed by atoms with Crippen LogP contribution >= 0.6 is 0 Å². The molecule has 1 aliphatic heterocycles. The zero-order chi connectivity index (χ0) is 13.4. The molecule has 3 atom stereocenters.